The summed E-state index contributed by atoms with van der Waals surface area (Å²) in [4.78, 5) is 0. The quantitative estimate of drug-likeness (QED) is 0.654. The van der Waals surface area contributed by atoms with Crippen molar-refractivity contribution >= 4 is 0 Å². The third-order valence-electron chi connectivity index (χ3n) is 4.37. The Kier molecular flexibility index (Phi) is 3.68. The second kappa shape index (κ2) is 4.84. The summed E-state index contributed by atoms with van der Waals surface area (Å²) in [5.41, 5.74) is 0. The summed E-state index contributed by atoms with van der Waals surface area (Å²) in [7, 11) is 1.61. The van der Waals surface area contributed by atoms with Crippen LogP contribution in [0, 0.1) is 11.8 Å². The van der Waals surface area contributed by atoms with Gasteiger partial charge in [-0.25, -0.2) is 0 Å². The molecule has 1 unspecified atom stereocenters. The van der Waals surface area contributed by atoms with Crippen molar-refractivity contribution in [3.63, 3.8) is 0 Å². The number of hydrogen-bond acceptors (Lipinski definition) is 1. The van der Waals surface area contributed by atoms with E-state index in [0.717, 1.165) is 19.3 Å². The fourth-order valence-electron chi connectivity index (χ4n) is 3.40. The van der Waals surface area contributed by atoms with Crippen LogP contribution in [0.4, 0.5) is 0 Å². The molecule has 0 saturated heterocycles. The number of rotatable bonds is 4. The van der Waals surface area contributed by atoms with Crippen LogP contribution in [0.25, 0.3) is 0 Å². The van der Waals surface area contributed by atoms with E-state index in [2.05, 4.69) is 0 Å². The van der Waals surface area contributed by atoms with Gasteiger partial charge < -0.3 is 4.74 Å². The highest BCUT2D eigenvalue weighted by Crippen LogP contribution is 2.41. The van der Waals surface area contributed by atoms with Gasteiger partial charge >= 0.3 is 0 Å². The van der Waals surface area contributed by atoms with Crippen molar-refractivity contribution in [1.82, 2.24) is 0 Å². The molecule has 0 aromatic rings. The molecule has 0 aromatic carbocycles. The minimum Gasteiger partial charge on any atom is -0.350 e. The van der Waals surface area contributed by atoms with Crippen molar-refractivity contribution in [1.29, 1.82) is 0 Å². The van der Waals surface area contributed by atoms with Crippen LogP contribution in [0.1, 0.15) is 57.8 Å². The fraction of sp³-hybridized carbons (Fsp3) is 1.00. The Balaban J connectivity index is 1.93. The average Bonchev–Trinajstić information content (AvgIpc) is 2.89. The van der Waals surface area contributed by atoms with Gasteiger partial charge in [-0.05, 0) is 18.8 Å². The van der Waals surface area contributed by atoms with E-state index in [9.17, 15) is 5.11 Å². The zero-order valence-electron chi connectivity index (χ0n) is 9.84. The molecule has 2 saturated carbocycles. The molecule has 0 aliphatic heterocycles. The zero-order chi connectivity index (χ0) is 10.7. The van der Waals surface area contributed by atoms with E-state index in [0.29, 0.717) is 5.92 Å². The standard InChI is InChI=1S/C13H23O2/c1-15-13(14,12-8-4-5-9-12)10-11-6-2-3-7-11/h11-12H,2-10H2,1H3. The van der Waals surface area contributed by atoms with Crippen LogP contribution in [0.3, 0.4) is 0 Å². The molecule has 2 rings (SSSR count). The predicted octanol–water partition coefficient (Wildman–Crippen LogP) is 3.53. The van der Waals surface area contributed by atoms with Crippen molar-refractivity contribution in [2.75, 3.05) is 7.11 Å². The van der Waals surface area contributed by atoms with Crippen molar-refractivity contribution in [2.24, 2.45) is 11.8 Å². The molecule has 0 amide bonds. The second-order valence-electron chi connectivity index (χ2n) is 5.35. The number of ether oxygens (including phenoxy) is 1. The molecule has 87 valence electrons. The Hall–Kier alpha value is -0.0800. The minimum atomic E-state index is -1.06. The van der Waals surface area contributed by atoms with Crippen molar-refractivity contribution in [2.45, 2.75) is 63.6 Å². The molecular weight excluding hydrogens is 188 g/mol. The lowest BCUT2D eigenvalue weighted by atomic mass is 9.87. The highest BCUT2D eigenvalue weighted by Gasteiger charge is 2.42. The molecule has 15 heavy (non-hydrogen) atoms. The Morgan fingerprint density at radius 1 is 1.07 bits per heavy atom. The first-order valence-electron chi connectivity index (χ1n) is 6.50. The lowest BCUT2D eigenvalue weighted by Gasteiger charge is -2.32. The molecular formula is C13H23O2. The van der Waals surface area contributed by atoms with Crippen molar-refractivity contribution < 1.29 is 9.84 Å². The van der Waals surface area contributed by atoms with Crippen LogP contribution in [0.2, 0.25) is 0 Å². The van der Waals surface area contributed by atoms with E-state index in [1.807, 2.05) is 0 Å². The van der Waals surface area contributed by atoms with Gasteiger partial charge in [0.05, 0.1) is 0 Å². The third-order valence-corrected chi connectivity index (χ3v) is 4.37. The van der Waals surface area contributed by atoms with E-state index < -0.39 is 5.79 Å². The van der Waals surface area contributed by atoms with Crippen LogP contribution < -0.4 is 0 Å². The first-order chi connectivity index (χ1) is 7.24. The Morgan fingerprint density at radius 2 is 1.60 bits per heavy atom. The zero-order valence-corrected chi connectivity index (χ0v) is 9.84. The summed E-state index contributed by atoms with van der Waals surface area (Å²) in [6.07, 6.45) is 10.5. The van der Waals surface area contributed by atoms with Gasteiger partial charge in [-0.3, -0.25) is 0 Å². The van der Waals surface area contributed by atoms with Gasteiger partial charge in [0.1, 0.15) is 0 Å². The maximum atomic E-state index is 12.6. The van der Waals surface area contributed by atoms with E-state index in [1.165, 1.54) is 38.5 Å². The first-order valence-corrected chi connectivity index (χ1v) is 6.50. The molecule has 0 bridgehead atoms. The molecule has 0 heterocycles. The smallest absolute Gasteiger partial charge is 0.204 e. The van der Waals surface area contributed by atoms with Crippen molar-refractivity contribution in [3.05, 3.63) is 0 Å². The van der Waals surface area contributed by atoms with Gasteiger partial charge in [0.2, 0.25) is 5.79 Å². The molecule has 1 radical (unpaired) electrons. The highest BCUT2D eigenvalue weighted by atomic mass is 16.6. The largest absolute Gasteiger partial charge is 0.350 e. The summed E-state index contributed by atoms with van der Waals surface area (Å²) in [5, 5.41) is 12.6. The van der Waals surface area contributed by atoms with Crippen LogP contribution in [-0.4, -0.2) is 12.9 Å². The van der Waals surface area contributed by atoms with Gasteiger partial charge in [-0.15, -0.1) is 0 Å². The lowest BCUT2D eigenvalue weighted by Crippen LogP contribution is -2.39. The van der Waals surface area contributed by atoms with E-state index in [-0.39, 0.29) is 5.92 Å². The first kappa shape index (κ1) is 11.4. The van der Waals surface area contributed by atoms with Gasteiger partial charge in [-0.1, -0.05) is 38.5 Å². The summed E-state index contributed by atoms with van der Waals surface area (Å²) in [5.74, 6) is -0.142. The lowest BCUT2D eigenvalue weighted by molar-refractivity contribution is -0.266. The van der Waals surface area contributed by atoms with Crippen LogP contribution in [0.5, 0.6) is 0 Å². The molecule has 0 aromatic heterocycles. The Morgan fingerprint density at radius 3 is 2.13 bits per heavy atom. The van der Waals surface area contributed by atoms with Gasteiger partial charge in [-0.2, -0.15) is 5.11 Å². The normalized spacial score (nSPS) is 28.4. The molecule has 2 heteroatoms. The third kappa shape index (κ3) is 2.54. The van der Waals surface area contributed by atoms with Gasteiger partial charge in [0, 0.05) is 19.4 Å². The SMILES string of the molecule is COC([O])(CC1CCCC1)C1CCCC1. The maximum absolute atomic E-state index is 12.6. The predicted molar refractivity (Wildman–Crippen MR) is 59.0 cm³/mol. The maximum Gasteiger partial charge on any atom is 0.204 e. The van der Waals surface area contributed by atoms with Crippen LogP contribution in [-0.2, 0) is 9.84 Å². The van der Waals surface area contributed by atoms with E-state index in [1.54, 1.807) is 7.11 Å². The summed E-state index contributed by atoms with van der Waals surface area (Å²) >= 11 is 0. The minimum absolute atomic E-state index is 0.281. The molecule has 1 atom stereocenters. The summed E-state index contributed by atoms with van der Waals surface area (Å²) < 4.78 is 5.33. The second-order valence-corrected chi connectivity index (χ2v) is 5.35. The van der Waals surface area contributed by atoms with Crippen LogP contribution >= 0.6 is 0 Å². The number of methoxy groups -OCH3 is 1. The molecule has 2 fully saturated rings. The topological polar surface area (TPSA) is 29.1 Å². The fourth-order valence-corrected chi connectivity index (χ4v) is 3.40. The average molecular weight is 211 g/mol. The molecule has 0 N–H and O–H groups in total. The summed E-state index contributed by atoms with van der Waals surface area (Å²) in [6, 6.07) is 0. The van der Waals surface area contributed by atoms with Gasteiger partial charge in [0.25, 0.3) is 0 Å². The van der Waals surface area contributed by atoms with Gasteiger partial charge in [0.15, 0.2) is 0 Å². The molecule has 0 spiro atoms. The molecule has 2 nitrogen and oxygen atoms in total. The van der Waals surface area contributed by atoms with E-state index >= 15 is 0 Å². The molecule has 2 aliphatic rings. The molecule has 2 aliphatic carbocycles. The Bertz CT molecular complexity index is 193. The monoisotopic (exact) mass is 211 g/mol. The highest BCUT2D eigenvalue weighted by molar-refractivity contribution is 4.85. The van der Waals surface area contributed by atoms with Crippen molar-refractivity contribution in [3.8, 4) is 0 Å². The Labute approximate surface area is 93.0 Å². The van der Waals surface area contributed by atoms with Crippen LogP contribution in [0.15, 0.2) is 0 Å². The van der Waals surface area contributed by atoms with E-state index in [4.69, 9.17) is 4.74 Å². The summed E-state index contributed by atoms with van der Waals surface area (Å²) in [6.45, 7) is 0. The number of hydrogen-bond donors (Lipinski definition) is 0.